The molecule has 3 rings (SSSR count). The summed E-state index contributed by atoms with van der Waals surface area (Å²) in [4.78, 5) is 53.1. The lowest BCUT2D eigenvalue weighted by Crippen LogP contribution is -2.29. The van der Waals surface area contributed by atoms with Crippen LogP contribution in [0.5, 0.6) is 0 Å². The van der Waals surface area contributed by atoms with E-state index in [4.69, 9.17) is 4.74 Å². The van der Waals surface area contributed by atoms with Crippen molar-refractivity contribution in [1.82, 2.24) is 15.6 Å². The SMILES string of the molecule is CC(C)(C)OC(=O)CCNC(=O)c1cccc(NC(=O)c2csc(NC(=O)NCc3ccccc3)n2)c1. The number of thiazole rings is 1. The number of urea groups is 1. The van der Waals surface area contributed by atoms with Crippen LogP contribution < -0.4 is 21.3 Å². The number of carbonyl (C=O) groups is 4. The summed E-state index contributed by atoms with van der Waals surface area (Å²) in [7, 11) is 0. The first kappa shape index (κ1) is 27.3. The van der Waals surface area contributed by atoms with Gasteiger partial charge in [-0.15, -0.1) is 11.3 Å². The summed E-state index contributed by atoms with van der Waals surface area (Å²) in [5.41, 5.74) is 1.20. The molecular formula is C26H29N5O5S. The lowest BCUT2D eigenvalue weighted by atomic mass is 10.2. The van der Waals surface area contributed by atoms with Gasteiger partial charge in [-0.2, -0.15) is 0 Å². The molecular weight excluding hydrogens is 494 g/mol. The van der Waals surface area contributed by atoms with Crippen LogP contribution in [0.3, 0.4) is 0 Å². The number of amides is 4. The molecule has 0 bridgehead atoms. The summed E-state index contributed by atoms with van der Waals surface area (Å²) in [6.45, 7) is 5.80. The number of hydrogen-bond donors (Lipinski definition) is 4. The Morgan fingerprint density at radius 3 is 2.41 bits per heavy atom. The number of esters is 1. The van der Waals surface area contributed by atoms with Crippen molar-refractivity contribution in [2.24, 2.45) is 0 Å². The predicted octanol–water partition coefficient (Wildman–Crippen LogP) is 4.18. The summed E-state index contributed by atoms with van der Waals surface area (Å²) in [5.74, 6) is -1.28. The first-order valence-corrected chi connectivity index (χ1v) is 12.4. The topological polar surface area (TPSA) is 139 Å². The summed E-state index contributed by atoms with van der Waals surface area (Å²) in [5, 5.41) is 12.5. The zero-order valence-electron chi connectivity index (χ0n) is 20.8. The molecule has 1 heterocycles. The number of ether oxygens (including phenoxy) is 1. The van der Waals surface area contributed by atoms with E-state index in [1.807, 2.05) is 30.3 Å². The van der Waals surface area contributed by atoms with Crippen LogP contribution in [0.4, 0.5) is 15.6 Å². The second-order valence-corrected chi connectivity index (χ2v) is 9.82. The van der Waals surface area contributed by atoms with E-state index < -0.39 is 23.5 Å². The molecule has 10 nitrogen and oxygen atoms in total. The number of carbonyl (C=O) groups excluding carboxylic acids is 4. The number of aromatic nitrogens is 1. The van der Waals surface area contributed by atoms with Crippen LogP contribution >= 0.6 is 11.3 Å². The normalized spacial score (nSPS) is 10.8. The van der Waals surface area contributed by atoms with E-state index in [0.29, 0.717) is 17.8 Å². The van der Waals surface area contributed by atoms with Gasteiger partial charge in [0, 0.05) is 29.7 Å². The summed E-state index contributed by atoms with van der Waals surface area (Å²) in [6, 6.07) is 15.4. The molecule has 0 saturated carbocycles. The van der Waals surface area contributed by atoms with Crippen LogP contribution in [-0.2, 0) is 16.1 Å². The smallest absolute Gasteiger partial charge is 0.321 e. The second-order valence-electron chi connectivity index (χ2n) is 8.96. The van der Waals surface area contributed by atoms with E-state index in [-0.39, 0.29) is 29.7 Å². The fraction of sp³-hybridized carbons (Fsp3) is 0.269. The number of anilines is 2. The lowest BCUT2D eigenvalue weighted by Gasteiger charge is -2.19. The van der Waals surface area contributed by atoms with Gasteiger partial charge in [0.2, 0.25) is 0 Å². The van der Waals surface area contributed by atoms with Crippen LogP contribution in [0.1, 0.15) is 53.6 Å². The molecule has 0 saturated heterocycles. The van der Waals surface area contributed by atoms with E-state index in [0.717, 1.165) is 16.9 Å². The highest BCUT2D eigenvalue weighted by Gasteiger charge is 2.17. The van der Waals surface area contributed by atoms with Crippen molar-refractivity contribution in [3.63, 3.8) is 0 Å². The van der Waals surface area contributed by atoms with Crippen molar-refractivity contribution >= 4 is 46.0 Å². The van der Waals surface area contributed by atoms with E-state index >= 15 is 0 Å². The number of nitrogens with one attached hydrogen (secondary N) is 4. The van der Waals surface area contributed by atoms with Crippen LogP contribution in [0.25, 0.3) is 0 Å². The monoisotopic (exact) mass is 523 g/mol. The third-order valence-corrected chi connectivity index (χ3v) is 5.43. The zero-order valence-corrected chi connectivity index (χ0v) is 21.6. The maximum Gasteiger partial charge on any atom is 0.321 e. The highest BCUT2D eigenvalue weighted by atomic mass is 32.1. The van der Waals surface area contributed by atoms with Crippen molar-refractivity contribution in [3.8, 4) is 0 Å². The third kappa shape index (κ3) is 9.37. The van der Waals surface area contributed by atoms with Gasteiger partial charge in [0.1, 0.15) is 11.3 Å². The van der Waals surface area contributed by atoms with Gasteiger partial charge in [0.15, 0.2) is 5.13 Å². The van der Waals surface area contributed by atoms with Gasteiger partial charge in [0.25, 0.3) is 11.8 Å². The van der Waals surface area contributed by atoms with Crippen LogP contribution in [0.2, 0.25) is 0 Å². The van der Waals surface area contributed by atoms with E-state index in [2.05, 4.69) is 26.3 Å². The number of nitrogens with zero attached hydrogens (tertiary/aromatic N) is 1. The van der Waals surface area contributed by atoms with Crippen molar-refractivity contribution in [2.75, 3.05) is 17.2 Å². The van der Waals surface area contributed by atoms with Crippen molar-refractivity contribution < 1.29 is 23.9 Å². The van der Waals surface area contributed by atoms with Crippen LogP contribution in [-0.4, -0.2) is 40.9 Å². The van der Waals surface area contributed by atoms with Gasteiger partial charge < -0.3 is 20.7 Å². The molecule has 3 aromatic rings. The van der Waals surface area contributed by atoms with Gasteiger partial charge in [-0.05, 0) is 44.5 Å². The first-order valence-electron chi connectivity index (χ1n) is 11.5. The largest absolute Gasteiger partial charge is 0.460 e. The molecule has 1 aromatic heterocycles. The van der Waals surface area contributed by atoms with Gasteiger partial charge in [0.05, 0.1) is 6.42 Å². The van der Waals surface area contributed by atoms with E-state index in [1.165, 1.54) is 11.4 Å². The van der Waals surface area contributed by atoms with Gasteiger partial charge in [-0.3, -0.25) is 19.7 Å². The van der Waals surface area contributed by atoms with Crippen LogP contribution in [0.15, 0.2) is 60.0 Å². The number of hydrogen-bond acceptors (Lipinski definition) is 7. The first-order chi connectivity index (χ1) is 17.6. The predicted molar refractivity (Wildman–Crippen MR) is 142 cm³/mol. The molecule has 0 fully saturated rings. The Morgan fingerprint density at radius 1 is 0.919 bits per heavy atom. The molecule has 2 aromatic carbocycles. The Balaban J connectivity index is 1.48. The minimum atomic E-state index is -0.587. The molecule has 0 unspecified atom stereocenters. The zero-order chi connectivity index (χ0) is 26.8. The molecule has 0 radical (unpaired) electrons. The standard InChI is InChI=1S/C26H29N5O5S/c1-26(2,3)36-21(32)12-13-27-22(33)18-10-7-11-19(14-18)29-23(34)20-16-37-25(30-20)31-24(35)28-15-17-8-5-4-6-9-17/h4-11,14,16H,12-13,15H2,1-3H3,(H,27,33)(H,29,34)(H2,28,30,31,35). The van der Waals surface area contributed by atoms with Gasteiger partial charge in [-0.1, -0.05) is 36.4 Å². The molecule has 194 valence electrons. The average Bonchev–Trinajstić information content (AvgIpc) is 3.31. The fourth-order valence-electron chi connectivity index (χ4n) is 3.06. The Bertz CT molecular complexity index is 1250. The Hall–Kier alpha value is -4.25. The maximum absolute atomic E-state index is 12.6. The van der Waals surface area contributed by atoms with Gasteiger partial charge >= 0.3 is 12.0 Å². The lowest BCUT2D eigenvalue weighted by molar-refractivity contribution is -0.154. The van der Waals surface area contributed by atoms with Crippen molar-refractivity contribution in [1.29, 1.82) is 0 Å². The molecule has 0 aliphatic heterocycles. The second kappa shape index (κ2) is 12.6. The maximum atomic E-state index is 12.6. The Labute approximate surface area is 218 Å². The molecule has 0 spiro atoms. The Morgan fingerprint density at radius 2 is 1.68 bits per heavy atom. The van der Waals surface area contributed by atoms with Crippen molar-refractivity contribution in [3.05, 3.63) is 76.8 Å². The number of rotatable bonds is 9. The quantitative estimate of drug-likeness (QED) is 0.311. The Kier molecular flexibility index (Phi) is 9.33. The van der Waals surface area contributed by atoms with Crippen LogP contribution in [0, 0.1) is 0 Å². The molecule has 11 heteroatoms. The molecule has 37 heavy (non-hydrogen) atoms. The summed E-state index contributed by atoms with van der Waals surface area (Å²) < 4.78 is 5.21. The minimum absolute atomic E-state index is 0.0455. The molecule has 4 N–H and O–H groups in total. The molecule has 0 atom stereocenters. The highest BCUT2D eigenvalue weighted by molar-refractivity contribution is 7.14. The van der Waals surface area contributed by atoms with E-state index in [1.54, 1.807) is 39.0 Å². The highest BCUT2D eigenvalue weighted by Crippen LogP contribution is 2.18. The molecule has 0 aliphatic carbocycles. The minimum Gasteiger partial charge on any atom is -0.460 e. The average molecular weight is 524 g/mol. The van der Waals surface area contributed by atoms with E-state index in [9.17, 15) is 19.2 Å². The third-order valence-electron chi connectivity index (χ3n) is 4.67. The summed E-state index contributed by atoms with van der Waals surface area (Å²) >= 11 is 1.12. The number of benzene rings is 2. The van der Waals surface area contributed by atoms with Crippen molar-refractivity contribution in [2.45, 2.75) is 39.3 Å². The molecule has 4 amide bonds. The van der Waals surface area contributed by atoms with Gasteiger partial charge in [-0.25, -0.2) is 9.78 Å². The fourth-order valence-corrected chi connectivity index (χ4v) is 3.75. The molecule has 0 aliphatic rings. The summed E-state index contributed by atoms with van der Waals surface area (Å²) in [6.07, 6.45) is 0.0455.